The quantitative estimate of drug-likeness (QED) is 0.122. The van der Waals surface area contributed by atoms with E-state index in [4.69, 9.17) is 24.9 Å². The van der Waals surface area contributed by atoms with Gasteiger partial charge in [-0.3, -0.25) is 4.57 Å². The first-order chi connectivity index (χ1) is 47.0. The first-order valence-corrected chi connectivity index (χ1v) is 32.3. The Morgan fingerprint density at radius 1 is 0.253 bits per heavy atom. The molecule has 0 N–H and O–H groups in total. The molecule has 18 rings (SSSR count). The SMILES string of the molecule is Cc1cc(Cc2cc(-c3cccc(-c4ccc(-c5ccccc5)cc4)c3)nc(-n3c4ccccc4c4ccccc43)n2)cc2c3cc(-c4ccc5c(c4)c4ccccc4n5-c4ccccc4)ccc3n(-c3ccc(-c4nc(-c5ccccc5)nc(-c5ccccc5)n4)cc3)c12. The normalized spacial score (nSPS) is 11.7. The van der Waals surface area contributed by atoms with Crippen molar-refractivity contribution in [3.05, 3.63) is 338 Å². The Kier molecular flexibility index (Phi) is 13.3. The van der Waals surface area contributed by atoms with Gasteiger partial charge in [0.1, 0.15) is 0 Å². The summed E-state index contributed by atoms with van der Waals surface area (Å²) in [6.07, 6.45) is 0.558. The molecule has 0 radical (unpaired) electrons. The highest BCUT2D eigenvalue weighted by Gasteiger charge is 2.22. The van der Waals surface area contributed by atoms with E-state index < -0.39 is 0 Å². The fraction of sp³-hybridized carbons (Fsp3) is 0.0230. The van der Waals surface area contributed by atoms with Crippen LogP contribution in [0.25, 0.3) is 162 Å². The van der Waals surface area contributed by atoms with Crippen molar-refractivity contribution in [2.45, 2.75) is 13.3 Å². The first-order valence-electron chi connectivity index (χ1n) is 32.3. The minimum absolute atomic E-state index is 0.558. The van der Waals surface area contributed by atoms with E-state index in [2.05, 4.69) is 281 Å². The van der Waals surface area contributed by atoms with Crippen LogP contribution in [0, 0.1) is 6.92 Å². The Hall–Kier alpha value is -12.7. The largest absolute Gasteiger partial charge is 0.309 e. The van der Waals surface area contributed by atoms with Crippen molar-refractivity contribution in [1.82, 2.24) is 38.6 Å². The summed E-state index contributed by atoms with van der Waals surface area (Å²) in [6.45, 7) is 2.25. The summed E-state index contributed by atoms with van der Waals surface area (Å²) in [5, 5.41) is 7.05. The topological polar surface area (TPSA) is 79.2 Å². The van der Waals surface area contributed by atoms with Crippen LogP contribution in [0.3, 0.4) is 0 Å². The summed E-state index contributed by atoms with van der Waals surface area (Å²) in [7, 11) is 0. The van der Waals surface area contributed by atoms with E-state index in [-0.39, 0.29) is 0 Å². The van der Waals surface area contributed by atoms with Crippen LogP contribution in [0.5, 0.6) is 0 Å². The zero-order valence-electron chi connectivity index (χ0n) is 51.9. The van der Waals surface area contributed by atoms with Crippen molar-refractivity contribution < 1.29 is 0 Å². The number of para-hydroxylation sites is 4. The molecule has 0 aliphatic carbocycles. The third kappa shape index (κ3) is 9.82. The van der Waals surface area contributed by atoms with Crippen molar-refractivity contribution in [3.8, 4) is 96.1 Å². The molecule has 5 aromatic heterocycles. The molecule has 0 saturated carbocycles. The number of rotatable bonds is 12. The molecular formula is C87H58N8. The zero-order chi connectivity index (χ0) is 62.9. The van der Waals surface area contributed by atoms with Crippen LogP contribution in [0.2, 0.25) is 0 Å². The maximum absolute atomic E-state index is 5.57. The van der Waals surface area contributed by atoms with E-state index >= 15 is 0 Å². The van der Waals surface area contributed by atoms with Gasteiger partial charge in [0.05, 0.1) is 44.5 Å². The molecule has 5 heterocycles. The number of nitrogens with zero attached hydrogens (tertiary/aromatic N) is 8. The van der Waals surface area contributed by atoms with Gasteiger partial charge in [0.15, 0.2) is 17.5 Å². The highest BCUT2D eigenvalue weighted by atomic mass is 15.2. The van der Waals surface area contributed by atoms with Gasteiger partial charge in [0.25, 0.3) is 0 Å². The van der Waals surface area contributed by atoms with Crippen molar-refractivity contribution in [2.24, 2.45) is 0 Å². The van der Waals surface area contributed by atoms with Crippen LogP contribution < -0.4 is 0 Å². The lowest BCUT2D eigenvalue weighted by Gasteiger charge is -2.14. The fourth-order valence-corrected chi connectivity index (χ4v) is 14.2. The van der Waals surface area contributed by atoms with E-state index in [9.17, 15) is 0 Å². The maximum Gasteiger partial charge on any atom is 0.235 e. The second-order valence-electron chi connectivity index (χ2n) is 24.5. The van der Waals surface area contributed by atoms with Gasteiger partial charge in [0, 0.05) is 72.4 Å². The first kappa shape index (κ1) is 55.2. The molecular weight excluding hydrogens is 1160 g/mol. The van der Waals surface area contributed by atoms with Crippen LogP contribution in [0.1, 0.15) is 16.8 Å². The lowest BCUT2D eigenvalue weighted by Crippen LogP contribution is -2.06. The van der Waals surface area contributed by atoms with Crippen LogP contribution in [-0.2, 0) is 6.42 Å². The molecule has 13 aromatic carbocycles. The van der Waals surface area contributed by atoms with Crippen molar-refractivity contribution in [1.29, 1.82) is 0 Å². The summed E-state index contributed by atoms with van der Waals surface area (Å²) >= 11 is 0. The summed E-state index contributed by atoms with van der Waals surface area (Å²) in [5.74, 6) is 2.49. The maximum atomic E-state index is 5.57. The van der Waals surface area contributed by atoms with Gasteiger partial charge in [-0.15, -0.1) is 0 Å². The summed E-state index contributed by atoms with van der Waals surface area (Å²) < 4.78 is 7.04. The van der Waals surface area contributed by atoms with E-state index in [1.165, 1.54) is 32.9 Å². The lowest BCUT2D eigenvalue weighted by atomic mass is 9.97. The molecule has 0 fully saturated rings. The molecule has 446 valence electrons. The second-order valence-corrected chi connectivity index (χ2v) is 24.5. The summed E-state index contributed by atoms with van der Waals surface area (Å²) in [4.78, 5) is 26.3. The summed E-state index contributed by atoms with van der Waals surface area (Å²) in [6, 6.07) is 115. The van der Waals surface area contributed by atoms with Gasteiger partial charge in [-0.25, -0.2) is 24.9 Å². The minimum atomic E-state index is 0.558. The number of aryl methyl sites for hydroxylation is 1. The standard InChI is InChI=1S/C87H58N8/c1-56-49-57(50-68-55-77(89-87(88-68)95-79-35-18-14-31-71(79)72-32-15-19-36-80(72)95)67-28-20-27-64(52-67)60-39-37-59(38-40-60)58-21-6-2-7-22-58)51-76-75-54-66(65-43-47-81-74(53-65)73-33-16-17-34-78(73)93(81)69-29-12-5-13-30-69)44-48-82(75)94(83(56)76)70-45-41-63(42-46-70)86-91-84(61-23-8-3-9-24-61)90-85(92-86)62-25-10-4-11-26-62/h2-49,51-55H,50H2,1H3. The third-order valence-electron chi connectivity index (χ3n) is 18.6. The van der Waals surface area contributed by atoms with Gasteiger partial charge < -0.3 is 9.13 Å². The fourth-order valence-electron chi connectivity index (χ4n) is 14.2. The number of hydrogen-bond donors (Lipinski definition) is 0. The summed E-state index contributed by atoms with van der Waals surface area (Å²) in [5.41, 5.74) is 23.6. The highest BCUT2D eigenvalue weighted by Crippen LogP contribution is 2.42. The van der Waals surface area contributed by atoms with Gasteiger partial charge in [-0.05, 0) is 148 Å². The third-order valence-corrected chi connectivity index (χ3v) is 18.6. The molecule has 0 saturated heterocycles. The Bertz CT molecular complexity index is 5860. The molecule has 0 aliphatic heterocycles. The van der Waals surface area contributed by atoms with Crippen LogP contribution in [-0.4, -0.2) is 38.6 Å². The molecule has 0 amide bonds. The highest BCUT2D eigenvalue weighted by molar-refractivity contribution is 6.14. The molecule has 0 spiro atoms. The molecule has 8 heteroatoms. The molecule has 0 bridgehead atoms. The average molecular weight is 1220 g/mol. The molecule has 18 aromatic rings. The average Bonchev–Trinajstić information content (AvgIpc) is 1.59. The predicted molar refractivity (Wildman–Crippen MR) is 390 cm³/mol. The smallest absolute Gasteiger partial charge is 0.235 e. The van der Waals surface area contributed by atoms with Crippen LogP contribution in [0.4, 0.5) is 0 Å². The van der Waals surface area contributed by atoms with Gasteiger partial charge in [-0.2, -0.15) is 0 Å². The Labute approximate surface area is 548 Å². The van der Waals surface area contributed by atoms with Crippen molar-refractivity contribution >= 4 is 65.4 Å². The zero-order valence-corrected chi connectivity index (χ0v) is 51.9. The number of aromatic nitrogens is 8. The minimum Gasteiger partial charge on any atom is -0.309 e. The van der Waals surface area contributed by atoms with E-state index in [1.54, 1.807) is 0 Å². The second kappa shape index (κ2) is 22.9. The van der Waals surface area contributed by atoms with Crippen molar-refractivity contribution in [3.63, 3.8) is 0 Å². The van der Waals surface area contributed by atoms with Gasteiger partial charge >= 0.3 is 0 Å². The Morgan fingerprint density at radius 3 is 1.24 bits per heavy atom. The number of fused-ring (bicyclic) bond motifs is 9. The lowest BCUT2D eigenvalue weighted by molar-refractivity contribution is 0.941. The molecule has 95 heavy (non-hydrogen) atoms. The van der Waals surface area contributed by atoms with E-state index in [1.807, 2.05) is 60.7 Å². The monoisotopic (exact) mass is 1210 g/mol. The van der Waals surface area contributed by atoms with Gasteiger partial charge in [-0.1, -0.05) is 224 Å². The molecule has 0 aliphatic rings. The van der Waals surface area contributed by atoms with Crippen molar-refractivity contribution in [2.75, 3.05) is 0 Å². The predicted octanol–water partition coefficient (Wildman–Crippen LogP) is 21.5. The Balaban J connectivity index is 0.793. The molecule has 8 nitrogen and oxygen atoms in total. The number of hydrogen-bond acceptors (Lipinski definition) is 5. The van der Waals surface area contributed by atoms with Gasteiger partial charge in [0.2, 0.25) is 5.95 Å². The molecule has 0 atom stereocenters. The van der Waals surface area contributed by atoms with E-state index in [0.717, 1.165) is 122 Å². The Morgan fingerprint density at radius 2 is 0.653 bits per heavy atom. The number of benzene rings is 13. The molecule has 0 unspecified atom stereocenters. The van der Waals surface area contributed by atoms with Crippen LogP contribution >= 0.6 is 0 Å². The van der Waals surface area contributed by atoms with Crippen LogP contribution in [0.15, 0.2) is 322 Å². The van der Waals surface area contributed by atoms with E-state index in [0.29, 0.717) is 29.8 Å².